The summed E-state index contributed by atoms with van der Waals surface area (Å²) in [4.78, 5) is 0. The van der Waals surface area contributed by atoms with E-state index in [1.165, 1.54) is 5.56 Å². The molecule has 0 aliphatic rings. The Hall–Kier alpha value is -0.183. The van der Waals surface area contributed by atoms with Gasteiger partial charge in [0.2, 0.25) is 0 Å². The summed E-state index contributed by atoms with van der Waals surface area (Å²) in [5.41, 5.74) is 1.17. The molecule has 0 aliphatic carbocycles. The number of benzene rings is 1. The van der Waals surface area contributed by atoms with Crippen molar-refractivity contribution >= 4 is 28.9 Å². The molecule has 0 heterocycles. The first-order valence-corrected chi connectivity index (χ1v) is 8.75. The first-order valence-electron chi connectivity index (χ1n) is 4.02. The van der Waals surface area contributed by atoms with E-state index in [1.54, 1.807) is 7.11 Å². The molecule has 0 aliphatic heterocycles. The van der Waals surface area contributed by atoms with E-state index in [0.29, 0.717) is 0 Å². The molecule has 0 fully saturated rings. The number of rotatable bonds is 3. The number of methoxy groups -OCH3 is 1. The molecule has 0 saturated heterocycles. The Bertz CT molecular complexity index is 266. The van der Waals surface area contributed by atoms with E-state index in [1.807, 2.05) is 30.8 Å². The number of halogens is 2. The maximum atomic E-state index is 6.01. The van der Waals surface area contributed by atoms with Gasteiger partial charge in [0.25, 0.3) is 6.69 Å². The van der Waals surface area contributed by atoms with Crippen LogP contribution in [0.4, 0.5) is 0 Å². The molecule has 1 aromatic carbocycles. The first kappa shape index (κ1) is 10.9. The maximum absolute atomic E-state index is 6.01. The highest BCUT2D eigenvalue weighted by atomic mass is 35.7. The van der Waals surface area contributed by atoms with Crippen molar-refractivity contribution in [2.45, 2.75) is 12.6 Å². The van der Waals surface area contributed by atoms with Crippen LogP contribution in [0.3, 0.4) is 0 Å². The fourth-order valence-electron chi connectivity index (χ4n) is 1.10. The van der Waals surface area contributed by atoms with Gasteiger partial charge in [0.05, 0.1) is 7.11 Å². The van der Waals surface area contributed by atoms with Crippen LogP contribution in [0.1, 0.15) is 5.56 Å². The van der Waals surface area contributed by atoms with Gasteiger partial charge in [-0.15, -0.1) is 22.2 Å². The molecule has 0 N–H and O–H groups in total. The molecule has 0 unspecified atom stereocenters. The van der Waals surface area contributed by atoms with E-state index >= 15 is 0 Å². The summed E-state index contributed by atoms with van der Waals surface area (Å²) in [6, 6.07) is 8.61. The number of hydrogen-bond donors (Lipinski definition) is 0. The molecule has 0 spiro atoms. The van der Waals surface area contributed by atoms with E-state index in [0.717, 1.165) is 11.8 Å². The molecule has 72 valence electrons. The highest BCUT2D eigenvalue weighted by molar-refractivity contribution is 7.44. The van der Waals surface area contributed by atoms with Gasteiger partial charge in [-0.05, 0) is 30.3 Å². The molecule has 0 aromatic heterocycles. The Balaban J connectivity index is 2.70. The molecule has 0 radical (unpaired) electrons. The molecular formula is C9H12Cl2OSi. The Morgan fingerprint density at radius 2 is 1.77 bits per heavy atom. The molecule has 13 heavy (non-hydrogen) atoms. The van der Waals surface area contributed by atoms with E-state index in [-0.39, 0.29) is 0 Å². The fourth-order valence-corrected chi connectivity index (χ4v) is 2.98. The summed E-state index contributed by atoms with van der Waals surface area (Å²) in [6.07, 6.45) is 0. The van der Waals surface area contributed by atoms with Gasteiger partial charge in [0, 0.05) is 0 Å². The molecular weight excluding hydrogens is 223 g/mol. The minimum absolute atomic E-state index is 0.778. The molecule has 0 amide bonds. The summed E-state index contributed by atoms with van der Waals surface area (Å²) in [7, 11) is 1.65. The molecule has 1 aromatic rings. The highest BCUT2D eigenvalue weighted by Crippen LogP contribution is 2.21. The van der Waals surface area contributed by atoms with Crippen LogP contribution < -0.4 is 4.74 Å². The predicted octanol–water partition coefficient (Wildman–Crippen LogP) is 3.33. The third-order valence-electron chi connectivity index (χ3n) is 1.67. The molecule has 1 rings (SSSR count). The van der Waals surface area contributed by atoms with Crippen molar-refractivity contribution in [3.8, 4) is 5.75 Å². The molecule has 0 atom stereocenters. The zero-order chi connectivity index (χ0) is 9.90. The van der Waals surface area contributed by atoms with Crippen LogP contribution in [0.2, 0.25) is 6.55 Å². The van der Waals surface area contributed by atoms with Crippen LogP contribution in [-0.2, 0) is 6.04 Å². The Labute approximate surface area is 89.0 Å². The van der Waals surface area contributed by atoms with Crippen molar-refractivity contribution in [2.24, 2.45) is 0 Å². The topological polar surface area (TPSA) is 9.23 Å². The quantitative estimate of drug-likeness (QED) is 0.576. The zero-order valence-electron chi connectivity index (χ0n) is 7.68. The van der Waals surface area contributed by atoms with Crippen LogP contribution in [-0.4, -0.2) is 13.8 Å². The van der Waals surface area contributed by atoms with Crippen LogP contribution in [0.25, 0.3) is 0 Å². The Morgan fingerprint density at radius 1 is 1.23 bits per heavy atom. The van der Waals surface area contributed by atoms with Gasteiger partial charge in [0.1, 0.15) is 5.75 Å². The van der Waals surface area contributed by atoms with Crippen molar-refractivity contribution in [3.63, 3.8) is 0 Å². The lowest BCUT2D eigenvalue weighted by atomic mass is 10.2. The van der Waals surface area contributed by atoms with E-state index in [4.69, 9.17) is 26.9 Å². The minimum Gasteiger partial charge on any atom is -0.497 e. The van der Waals surface area contributed by atoms with Gasteiger partial charge < -0.3 is 4.74 Å². The van der Waals surface area contributed by atoms with Crippen molar-refractivity contribution in [3.05, 3.63) is 29.8 Å². The van der Waals surface area contributed by atoms with Crippen LogP contribution in [0.15, 0.2) is 24.3 Å². The lowest BCUT2D eigenvalue weighted by molar-refractivity contribution is 0.414. The lowest BCUT2D eigenvalue weighted by Crippen LogP contribution is -2.17. The van der Waals surface area contributed by atoms with Crippen molar-refractivity contribution in [1.82, 2.24) is 0 Å². The fraction of sp³-hybridized carbons (Fsp3) is 0.333. The largest absolute Gasteiger partial charge is 0.497 e. The van der Waals surface area contributed by atoms with Gasteiger partial charge in [-0.1, -0.05) is 12.1 Å². The van der Waals surface area contributed by atoms with E-state index in [9.17, 15) is 0 Å². The van der Waals surface area contributed by atoms with E-state index in [2.05, 4.69) is 0 Å². The second kappa shape index (κ2) is 4.36. The van der Waals surface area contributed by atoms with Crippen molar-refractivity contribution in [2.75, 3.05) is 7.11 Å². The van der Waals surface area contributed by atoms with Gasteiger partial charge in [-0.3, -0.25) is 0 Å². The van der Waals surface area contributed by atoms with Gasteiger partial charge in [0.15, 0.2) is 0 Å². The SMILES string of the molecule is COc1ccc(C[Si](C)(Cl)Cl)cc1. The normalized spacial score (nSPS) is 11.4. The molecule has 4 heteroatoms. The summed E-state index contributed by atoms with van der Waals surface area (Å²) in [5.74, 6) is 0.858. The average molecular weight is 235 g/mol. The Kier molecular flexibility index (Phi) is 3.65. The number of hydrogen-bond acceptors (Lipinski definition) is 1. The second-order valence-corrected chi connectivity index (χ2v) is 11.2. The minimum atomic E-state index is -2.02. The molecule has 1 nitrogen and oxygen atoms in total. The van der Waals surface area contributed by atoms with Gasteiger partial charge in [-0.2, -0.15) is 0 Å². The average Bonchev–Trinajstić information content (AvgIpc) is 2.03. The molecule has 0 bridgehead atoms. The maximum Gasteiger partial charge on any atom is 0.252 e. The standard InChI is InChI=1S/C9H12Cl2OSi/c1-12-9-5-3-8(4-6-9)7-13(2,10)11/h3-6H,7H2,1-2H3. The highest BCUT2D eigenvalue weighted by Gasteiger charge is 2.20. The summed E-state index contributed by atoms with van der Waals surface area (Å²) in [5, 5.41) is 0. The van der Waals surface area contributed by atoms with E-state index < -0.39 is 6.69 Å². The van der Waals surface area contributed by atoms with Crippen molar-refractivity contribution in [1.29, 1.82) is 0 Å². The summed E-state index contributed by atoms with van der Waals surface area (Å²) in [6.45, 7) is -0.105. The second-order valence-electron chi connectivity index (χ2n) is 3.10. The smallest absolute Gasteiger partial charge is 0.252 e. The van der Waals surface area contributed by atoms with Gasteiger partial charge in [-0.25, -0.2) is 0 Å². The zero-order valence-corrected chi connectivity index (χ0v) is 10.2. The van der Waals surface area contributed by atoms with Crippen molar-refractivity contribution < 1.29 is 4.74 Å². The summed E-state index contributed by atoms with van der Waals surface area (Å²) < 4.78 is 5.04. The Morgan fingerprint density at radius 3 is 2.15 bits per heavy atom. The third-order valence-corrected chi connectivity index (χ3v) is 3.50. The van der Waals surface area contributed by atoms with Crippen LogP contribution in [0.5, 0.6) is 5.75 Å². The molecule has 0 saturated carbocycles. The number of ether oxygens (including phenoxy) is 1. The monoisotopic (exact) mass is 234 g/mol. The summed E-state index contributed by atoms with van der Waals surface area (Å²) >= 11 is 12.0. The van der Waals surface area contributed by atoms with Gasteiger partial charge >= 0.3 is 0 Å². The predicted molar refractivity (Wildman–Crippen MR) is 60.0 cm³/mol. The first-order chi connectivity index (χ1) is 6.01. The van der Waals surface area contributed by atoms with Crippen LogP contribution in [0, 0.1) is 0 Å². The van der Waals surface area contributed by atoms with Crippen LogP contribution >= 0.6 is 22.2 Å². The lowest BCUT2D eigenvalue weighted by Gasteiger charge is -2.10. The third kappa shape index (κ3) is 4.03.